The molecule has 0 spiro atoms. The minimum atomic E-state index is -0.861. The van der Waals surface area contributed by atoms with E-state index in [0.29, 0.717) is 37.0 Å². The van der Waals surface area contributed by atoms with Gasteiger partial charge in [-0.05, 0) is 78.8 Å². The summed E-state index contributed by atoms with van der Waals surface area (Å²) in [7, 11) is 2.05. The second-order valence-electron chi connectivity index (χ2n) is 12.2. The fourth-order valence-electron chi connectivity index (χ4n) is 7.19. The van der Waals surface area contributed by atoms with Crippen LogP contribution in [0.15, 0.2) is 48.5 Å². The van der Waals surface area contributed by atoms with Crippen LogP contribution in [0.2, 0.25) is 0 Å². The number of hydrogen-bond acceptors (Lipinski definition) is 6. The summed E-state index contributed by atoms with van der Waals surface area (Å²) in [5.74, 6) is 0.564. The van der Waals surface area contributed by atoms with Crippen LogP contribution in [0.25, 0.3) is 21.5 Å². The molecule has 2 saturated heterocycles. The van der Waals surface area contributed by atoms with Crippen molar-refractivity contribution in [1.82, 2.24) is 4.57 Å². The third kappa shape index (κ3) is 6.18. The number of amides is 1. The van der Waals surface area contributed by atoms with E-state index in [2.05, 4.69) is 40.8 Å². The number of ether oxygens (including phenoxy) is 2. The van der Waals surface area contributed by atoms with E-state index in [9.17, 15) is 14.7 Å². The first-order valence-corrected chi connectivity index (χ1v) is 16.6. The van der Waals surface area contributed by atoms with Gasteiger partial charge in [0, 0.05) is 50.0 Å². The molecule has 0 radical (unpaired) electrons. The number of halogens is 1. The number of hydrogen-bond donors (Lipinski definition) is 1. The Bertz CT molecular complexity index is 1690. The molecule has 3 aliphatic rings. The van der Waals surface area contributed by atoms with Crippen molar-refractivity contribution in [3.05, 3.63) is 64.5 Å². The van der Waals surface area contributed by atoms with Gasteiger partial charge in [-0.3, -0.25) is 4.79 Å². The van der Waals surface area contributed by atoms with Crippen LogP contribution in [0.3, 0.4) is 0 Å². The van der Waals surface area contributed by atoms with Crippen LogP contribution in [0.1, 0.15) is 71.7 Å². The number of aryl methyl sites for hydroxylation is 1. The van der Waals surface area contributed by atoms with Gasteiger partial charge in [0.15, 0.2) is 0 Å². The molecule has 4 aromatic rings. The van der Waals surface area contributed by atoms with Crippen molar-refractivity contribution in [2.24, 2.45) is 7.05 Å². The maximum atomic E-state index is 12.4. The number of morpholine rings is 1. The fraction of sp³-hybridized carbons (Fsp3) is 0.429. The van der Waals surface area contributed by atoms with Crippen LogP contribution in [-0.2, 0) is 23.2 Å². The predicted octanol–water partition coefficient (Wildman–Crippen LogP) is 7.62. The molecular formula is C35H40ClN3O5S. The zero-order chi connectivity index (χ0) is 30.2. The molecule has 2 aliphatic heterocycles. The molecule has 45 heavy (non-hydrogen) atoms. The Hall–Kier alpha value is -3.53. The molecule has 8 nitrogen and oxygen atoms in total. The molecule has 1 saturated carbocycles. The van der Waals surface area contributed by atoms with Crippen LogP contribution >= 0.6 is 23.7 Å². The van der Waals surface area contributed by atoms with E-state index >= 15 is 0 Å². The first-order chi connectivity index (χ1) is 21.5. The summed E-state index contributed by atoms with van der Waals surface area (Å²) < 4.78 is 15.3. The van der Waals surface area contributed by atoms with Gasteiger partial charge in [-0.15, -0.1) is 23.7 Å². The molecule has 238 valence electrons. The van der Waals surface area contributed by atoms with Gasteiger partial charge < -0.3 is 28.9 Å². The molecule has 2 aromatic heterocycles. The van der Waals surface area contributed by atoms with E-state index in [1.165, 1.54) is 41.9 Å². The summed E-state index contributed by atoms with van der Waals surface area (Å²) in [6.45, 7) is 4.18. The van der Waals surface area contributed by atoms with Gasteiger partial charge in [-0.2, -0.15) is 0 Å². The van der Waals surface area contributed by atoms with Crippen LogP contribution < -0.4 is 14.5 Å². The van der Waals surface area contributed by atoms with E-state index in [1.807, 2.05) is 29.2 Å². The lowest BCUT2D eigenvalue weighted by Crippen LogP contribution is -2.37. The van der Waals surface area contributed by atoms with Crippen molar-refractivity contribution in [3.63, 3.8) is 0 Å². The highest BCUT2D eigenvalue weighted by atomic mass is 35.5. The summed E-state index contributed by atoms with van der Waals surface area (Å²) >= 11 is 1.41. The van der Waals surface area contributed by atoms with Gasteiger partial charge >= 0.3 is 5.97 Å². The Balaban J connectivity index is 0.00000357. The number of aromatic carboxylic acids is 1. The van der Waals surface area contributed by atoms with E-state index in [4.69, 9.17) is 9.47 Å². The molecule has 0 atom stereocenters. The molecule has 0 bridgehead atoms. The third-order valence-electron chi connectivity index (χ3n) is 9.46. The van der Waals surface area contributed by atoms with Gasteiger partial charge in [0.1, 0.15) is 17.2 Å². The standard InChI is InChI=1S/C35H39N3O5S.ClH/c1-36-29-21-30(35(40)41)44-34(29)32(23-6-3-2-4-7-23)33(36)24-10-13-27(14-11-24)43-22-25-9-12-26(38-15-5-8-31(38)39)20-28(25)37-16-18-42-19-17-37;/h9-14,20-21,23H,2-8,15-19,22H2,1H3,(H,40,41);1H. The van der Waals surface area contributed by atoms with Gasteiger partial charge in [-0.25, -0.2) is 4.79 Å². The van der Waals surface area contributed by atoms with Crippen molar-refractivity contribution in [1.29, 1.82) is 0 Å². The van der Waals surface area contributed by atoms with Crippen molar-refractivity contribution in [3.8, 4) is 17.0 Å². The highest BCUT2D eigenvalue weighted by Gasteiger charge is 2.28. The molecule has 1 N–H and O–H groups in total. The van der Waals surface area contributed by atoms with Gasteiger partial charge in [0.2, 0.25) is 5.91 Å². The molecule has 7 rings (SSSR count). The van der Waals surface area contributed by atoms with Gasteiger partial charge in [-0.1, -0.05) is 25.3 Å². The molecule has 1 amide bonds. The van der Waals surface area contributed by atoms with Crippen LogP contribution in [0, 0.1) is 0 Å². The Morgan fingerprint density at radius 1 is 1.00 bits per heavy atom. The summed E-state index contributed by atoms with van der Waals surface area (Å²) in [6, 6.07) is 16.4. The number of carboxylic acids is 1. The normalized spacial score (nSPS) is 17.6. The van der Waals surface area contributed by atoms with E-state index in [-0.39, 0.29) is 18.3 Å². The lowest BCUT2D eigenvalue weighted by molar-refractivity contribution is -0.117. The molecule has 1 aliphatic carbocycles. The van der Waals surface area contributed by atoms with Crippen molar-refractivity contribution >= 4 is 57.2 Å². The molecule has 2 aromatic carbocycles. The zero-order valence-corrected chi connectivity index (χ0v) is 27.3. The van der Waals surface area contributed by atoms with Crippen molar-refractivity contribution in [2.75, 3.05) is 42.6 Å². The number of carbonyl (C=O) groups is 2. The van der Waals surface area contributed by atoms with Gasteiger partial charge in [0.25, 0.3) is 0 Å². The van der Waals surface area contributed by atoms with Crippen molar-refractivity contribution < 1.29 is 24.2 Å². The van der Waals surface area contributed by atoms with Crippen LogP contribution in [0.4, 0.5) is 11.4 Å². The average Bonchev–Trinajstić information content (AvgIpc) is 3.76. The number of anilines is 2. The summed E-state index contributed by atoms with van der Waals surface area (Å²) in [4.78, 5) is 28.9. The Morgan fingerprint density at radius 2 is 1.76 bits per heavy atom. The number of aromatic nitrogens is 1. The van der Waals surface area contributed by atoms with Crippen molar-refractivity contribution in [2.45, 2.75) is 57.5 Å². The maximum Gasteiger partial charge on any atom is 0.345 e. The number of fused-ring (bicyclic) bond motifs is 1. The quantitative estimate of drug-likeness (QED) is 0.211. The number of benzene rings is 2. The first-order valence-electron chi connectivity index (χ1n) is 15.8. The number of carboxylic acid groups (broad SMARTS) is 1. The minimum Gasteiger partial charge on any atom is -0.489 e. The average molecular weight is 650 g/mol. The smallest absolute Gasteiger partial charge is 0.345 e. The second kappa shape index (κ2) is 13.4. The Labute approximate surface area is 273 Å². The second-order valence-corrected chi connectivity index (χ2v) is 13.2. The monoisotopic (exact) mass is 649 g/mol. The van der Waals surface area contributed by atoms with E-state index in [1.54, 1.807) is 0 Å². The maximum absolute atomic E-state index is 12.4. The SMILES string of the molecule is Cl.Cn1c(-c2ccc(OCc3ccc(N4CCCC4=O)cc3N3CCOCC3)cc2)c(C2CCCCC2)c2sc(C(=O)O)cc21. The Morgan fingerprint density at radius 3 is 2.44 bits per heavy atom. The highest BCUT2D eigenvalue weighted by Crippen LogP contribution is 2.46. The van der Waals surface area contributed by atoms with E-state index < -0.39 is 5.97 Å². The predicted molar refractivity (Wildman–Crippen MR) is 182 cm³/mol. The lowest BCUT2D eigenvalue weighted by atomic mass is 9.83. The van der Waals surface area contributed by atoms with Gasteiger partial charge in [0.05, 0.1) is 29.1 Å². The fourth-order valence-corrected chi connectivity index (χ4v) is 8.34. The minimum absolute atomic E-state index is 0. The van der Waals surface area contributed by atoms with E-state index in [0.717, 1.165) is 77.4 Å². The first kappa shape index (κ1) is 31.5. The summed E-state index contributed by atoms with van der Waals surface area (Å²) in [5, 5.41) is 9.67. The number of nitrogens with zero attached hydrogens (tertiary/aromatic N) is 3. The molecule has 0 unspecified atom stereocenters. The molecular weight excluding hydrogens is 610 g/mol. The summed E-state index contributed by atoms with van der Waals surface area (Å²) in [5.41, 5.74) is 7.75. The molecule has 4 heterocycles. The topological polar surface area (TPSA) is 84.2 Å². The molecule has 3 fully saturated rings. The summed E-state index contributed by atoms with van der Waals surface area (Å²) in [6.07, 6.45) is 7.50. The zero-order valence-electron chi connectivity index (χ0n) is 25.6. The lowest BCUT2D eigenvalue weighted by Gasteiger charge is -2.31. The highest BCUT2D eigenvalue weighted by molar-refractivity contribution is 7.21. The third-order valence-corrected chi connectivity index (χ3v) is 10.6. The van der Waals surface area contributed by atoms with Crippen LogP contribution in [-0.4, -0.2) is 54.4 Å². The number of carbonyl (C=O) groups excluding carboxylic acids is 1. The molecule has 10 heteroatoms. The Kier molecular flexibility index (Phi) is 9.40. The number of rotatable bonds is 8. The largest absolute Gasteiger partial charge is 0.489 e. The van der Waals surface area contributed by atoms with Crippen LogP contribution in [0.5, 0.6) is 5.75 Å². The number of thiophene rings is 1.